The predicted octanol–water partition coefficient (Wildman–Crippen LogP) is 1.74. The molecule has 0 radical (unpaired) electrons. The van der Waals surface area contributed by atoms with Crippen molar-refractivity contribution >= 4 is 26.0 Å². The second kappa shape index (κ2) is 5.28. The average Bonchev–Trinajstić information content (AvgIpc) is 2.28. The van der Waals surface area contributed by atoms with Gasteiger partial charge in [0.1, 0.15) is 0 Å². The fourth-order valence-corrected chi connectivity index (χ4v) is 4.37. The summed E-state index contributed by atoms with van der Waals surface area (Å²) in [5, 5.41) is 3.25. The van der Waals surface area contributed by atoms with Crippen molar-refractivity contribution in [3.63, 3.8) is 0 Å². The number of piperazine rings is 1. The number of sulfonamides is 1. The summed E-state index contributed by atoms with van der Waals surface area (Å²) in [6.07, 6.45) is 0. The van der Waals surface area contributed by atoms with Gasteiger partial charge in [0.25, 0.3) is 0 Å². The van der Waals surface area contributed by atoms with Gasteiger partial charge < -0.3 is 5.32 Å². The normalized spacial score (nSPS) is 22.1. The highest BCUT2D eigenvalue weighted by atomic mass is 79.9. The van der Waals surface area contributed by atoms with Crippen molar-refractivity contribution in [2.24, 2.45) is 0 Å². The van der Waals surface area contributed by atoms with Crippen LogP contribution in [0.25, 0.3) is 0 Å². The molecule has 2 rings (SSSR count). The number of halogens is 1. The molecule has 1 fully saturated rings. The summed E-state index contributed by atoms with van der Waals surface area (Å²) in [6.45, 7) is 5.58. The Morgan fingerprint density at radius 1 is 1.44 bits per heavy atom. The quantitative estimate of drug-likeness (QED) is 0.897. The molecular weight excluding hydrogens is 316 g/mol. The first-order chi connectivity index (χ1) is 8.41. The Morgan fingerprint density at radius 2 is 2.17 bits per heavy atom. The van der Waals surface area contributed by atoms with E-state index in [1.807, 2.05) is 19.9 Å². The monoisotopic (exact) mass is 332 g/mol. The minimum absolute atomic E-state index is 0.198. The van der Waals surface area contributed by atoms with E-state index in [2.05, 4.69) is 21.2 Å². The second-order valence-corrected chi connectivity index (χ2v) is 7.45. The number of aryl methyl sites for hydroxylation is 1. The van der Waals surface area contributed by atoms with E-state index < -0.39 is 10.0 Å². The fraction of sp³-hybridized carbons (Fsp3) is 0.500. The van der Waals surface area contributed by atoms with E-state index in [1.54, 1.807) is 16.4 Å². The Bertz CT molecular complexity index is 545. The van der Waals surface area contributed by atoms with Crippen LogP contribution in [0.4, 0.5) is 0 Å². The number of rotatable bonds is 2. The molecule has 1 aromatic carbocycles. The Morgan fingerprint density at radius 3 is 2.78 bits per heavy atom. The van der Waals surface area contributed by atoms with Crippen LogP contribution in [-0.2, 0) is 10.0 Å². The van der Waals surface area contributed by atoms with Crippen LogP contribution in [0.1, 0.15) is 12.5 Å². The van der Waals surface area contributed by atoms with Gasteiger partial charge in [0.15, 0.2) is 0 Å². The Hall–Kier alpha value is -0.430. The lowest BCUT2D eigenvalue weighted by atomic mass is 10.2. The number of nitrogens with one attached hydrogen (secondary N) is 1. The molecule has 1 heterocycles. The zero-order chi connectivity index (χ0) is 13.3. The van der Waals surface area contributed by atoms with Gasteiger partial charge in [-0.05, 0) is 37.6 Å². The van der Waals surface area contributed by atoms with Gasteiger partial charge in [0, 0.05) is 30.1 Å². The largest absolute Gasteiger partial charge is 0.312 e. The minimum atomic E-state index is -3.37. The standard InChI is InChI=1S/C12H17BrN2O2S/c1-9-7-11(13)3-4-12(9)18(16,17)15-6-5-14-10(2)8-15/h3-4,7,10,14H,5-6,8H2,1-2H3. The van der Waals surface area contributed by atoms with Crippen molar-refractivity contribution in [2.75, 3.05) is 19.6 Å². The van der Waals surface area contributed by atoms with E-state index in [-0.39, 0.29) is 6.04 Å². The van der Waals surface area contributed by atoms with Gasteiger partial charge in [-0.25, -0.2) is 8.42 Å². The van der Waals surface area contributed by atoms with Crippen molar-refractivity contribution in [2.45, 2.75) is 24.8 Å². The third-order valence-electron chi connectivity index (χ3n) is 3.09. The summed E-state index contributed by atoms with van der Waals surface area (Å²) in [5.41, 5.74) is 0.774. The van der Waals surface area contributed by atoms with Crippen LogP contribution in [0.5, 0.6) is 0 Å². The maximum Gasteiger partial charge on any atom is 0.243 e. The molecule has 1 saturated heterocycles. The molecule has 6 heteroatoms. The highest BCUT2D eigenvalue weighted by Crippen LogP contribution is 2.23. The van der Waals surface area contributed by atoms with E-state index in [9.17, 15) is 8.42 Å². The molecule has 0 spiro atoms. The van der Waals surface area contributed by atoms with E-state index in [1.165, 1.54) is 0 Å². The van der Waals surface area contributed by atoms with Gasteiger partial charge in [0.2, 0.25) is 10.0 Å². The molecule has 0 bridgehead atoms. The third-order valence-corrected chi connectivity index (χ3v) is 5.60. The van der Waals surface area contributed by atoms with Crippen molar-refractivity contribution < 1.29 is 8.42 Å². The molecule has 4 nitrogen and oxygen atoms in total. The van der Waals surface area contributed by atoms with Crippen LogP contribution in [0, 0.1) is 6.92 Å². The first kappa shape index (κ1) is 14.0. The zero-order valence-electron chi connectivity index (χ0n) is 10.5. The predicted molar refractivity (Wildman–Crippen MR) is 75.1 cm³/mol. The maximum atomic E-state index is 12.5. The molecule has 1 atom stereocenters. The molecule has 1 aliphatic rings. The minimum Gasteiger partial charge on any atom is -0.312 e. The van der Waals surface area contributed by atoms with Crippen LogP contribution in [0.3, 0.4) is 0 Å². The van der Waals surface area contributed by atoms with Gasteiger partial charge in [-0.1, -0.05) is 15.9 Å². The molecule has 0 amide bonds. The molecular formula is C12H17BrN2O2S. The molecule has 1 unspecified atom stereocenters. The van der Waals surface area contributed by atoms with Gasteiger partial charge in [-0.3, -0.25) is 0 Å². The van der Waals surface area contributed by atoms with Crippen molar-refractivity contribution in [3.05, 3.63) is 28.2 Å². The zero-order valence-corrected chi connectivity index (χ0v) is 12.9. The fourth-order valence-electron chi connectivity index (χ4n) is 2.16. The maximum absolute atomic E-state index is 12.5. The SMILES string of the molecule is Cc1cc(Br)ccc1S(=O)(=O)N1CCNC(C)C1. The summed E-state index contributed by atoms with van der Waals surface area (Å²) < 4.78 is 27.6. The van der Waals surface area contributed by atoms with Crippen LogP contribution >= 0.6 is 15.9 Å². The van der Waals surface area contributed by atoms with Crippen molar-refractivity contribution in [1.82, 2.24) is 9.62 Å². The summed E-state index contributed by atoms with van der Waals surface area (Å²) in [4.78, 5) is 0.403. The summed E-state index contributed by atoms with van der Waals surface area (Å²) in [5.74, 6) is 0. The number of benzene rings is 1. The highest BCUT2D eigenvalue weighted by Gasteiger charge is 2.29. The Balaban J connectivity index is 2.35. The lowest BCUT2D eigenvalue weighted by Gasteiger charge is -2.31. The molecule has 1 N–H and O–H groups in total. The van der Waals surface area contributed by atoms with Crippen LogP contribution in [0.2, 0.25) is 0 Å². The van der Waals surface area contributed by atoms with Gasteiger partial charge >= 0.3 is 0 Å². The molecule has 1 aliphatic heterocycles. The first-order valence-corrected chi connectivity index (χ1v) is 8.14. The summed E-state index contributed by atoms with van der Waals surface area (Å²) in [7, 11) is -3.37. The van der Waals surface area contributed by atoms with Crippen LogP contribution < -0.4 is 5.32 Å². The molecule has 18 heavy (non-hydrogen) atoms. The molecule has 0 aliphatic carbocycles. The van der Waals surface area contributed by atoms with Crippen LogP contribution in [-0.4, -0.2) is 38.4 Å². The van der Waals surface area contributed by atoms with E-state index >= 15 is 0 Å². The first-order valence-electron chi connectivity index (χ1n) is 5.91. The third kappa shape index (κ3) is 2.77. The van der Waals surface area contributed by atoms with Gasteiger partial charge in [-0.2, -0.15) is 4.31 Å². The molecule has 1 aromatic rings. The number of nitrogens with zero attached hydrogens (tertiary/aromatic N) is 1. The van der Waals surface area contributed by atoms with Crippen molar-refractivity contribution in [1.29, 1.82) is 0 Å². The van der Waals surface area contributed by atoms with E-state index in [4.69, 9.17) is 0 Å². The van der Waals surface area contributed by atoms with Gasteiger partial charge in [-0.15, -0.1) is 0 Å². The lowest BCUT2D eigenvalue weighted by Crippen LogP contribution is -2.51. The summed E-state index contributed by atoms with van der Waals surface area (Å²) >= 11 is 3.35. The Kier molecular flexibility index (Phi) is 4.11. The smallest absolute Gasteiger partial charge is 0.243 e. The Labute approximate surface area is 117 Å². The average molecular weight is 333 g/mol. The second-order valence-electron chi connectivity index (χ2n) is 4.63. The molecule has 100 valence electrons. The molecule has 0 saturated carbocycles. The highest BCUT2D eigenvalue weighted by molar-refractivity contribution is 9.10. The molecule has 0 aromatic heterocycles. The topological polar surface area (TPSA) is 49.4 Å². The van der Waals surface area contributed by atoms with Crippen LogP contribution in [0.15, 0.2) is 27.6 Å². The van der Waals surface area contributed by atoms with E-state index in [0.29, 0.717) is 24.5 Å². The summed E-state index contributed by atoms with van der Waals surface area (Å²) in [6, 6.07) is 5.47. The number of hydrogen-bond acceptors (Lipinski definition) is 3. The number of hydrogen-bond donors (Lipinski definition) is 1. The van der Waals surface area contributed by atoms with Crippen molar-refractivity contribution in [3.8, 4) is 0 Å². The lowest BCUT2D eigenvalue weighted by molar-refractivity contribution is 0.310. The van der Waals surface area contributed by atoms with E-state index in [0.717, 1.165) is 10.0 Å². The van der Waals surface area contributed by atoms with Gasteiger partial charge in [0.05, 0.1) is 4.90 Å².